The number of amides is 3. The van der Waals surface area contributed by atoms with Gasteiger partial charge in [-0.3, -0.25) is 14.4 Å². The van der Waals surface area contributed by atoms with E-state index in [1.54, 1.807) is 29.2 Å². The Hall–Kier alpha value is -3.49. The Morgan fingerprint density at radius 3 is 2.59 bits per heavy atom. The molecule has 0 atom stereocenters. The van der Waals surface area contributed by atoms with Gasteiger partial charge in [0.25, 0.3) is 5.91 Å². The molecule has 2 aromatic rings. The van der Waals surface area contributed by atoms with Crippen LogP contribution >= 0.6 is 0 Å². The summed E-state index contributed by atoms with van der Waals surface area (Å²) in [5.74, 6) is -0.143. The van der Waals surface area contributed by atoms with Gasteiger partial charge in [-0.1, -0.05) is 0 Å². The van der Waals surface area contributed by atoms with Gasteiger partial charge >= 0.3 is 11.8 Å². The van der Waals surface area contributed by atoms with Gasteiger partial charge in [-0.2, -0.15) is 0 Å². The van der Waals surface area contributed by atoms with E-state index in [0.29, 0.717) is 42.4 Å². The fourth-order valence-corrected chi connectivity index (χ4v) is 3.39. The first-order valence-corrected chi connectivity index (χ1v) is 9.40. The highest BCUT2D eigenvalue weighted by Gasteiger charge is 2.25. The predicted octanol–water partition coefficient (Wildman–Crippen LogP) is 1.62. The SMILES string of the molecule is O=C(NCC1CCN(C(=O)c2ccoc2)CC1)C(=O)Nc1ccc2c(c1)OCO2. The molecule has 0 saturated carbocycles. The number of rotatable bonds is 4. The highest BCUT2D eigenvalue weighted by Crippen LogP contribution is 2.34. The summed E-state index contributed by atoms with van der Waals surface area (Å²) in [5.41, 5.74) is 0.998. The molecule has 1 saturated heterocycles. The van der Waals surface area contributed by atoms with Gasteiger partial charge in [0, 0.05) is 31.4 Å². The van der Waals surface area contributed by atoms with Crippen LogP contribution in [-0.2, 0) is 9.59 Å². The van der Waals surface area contributed by atoms with Crippen LogP contribution in [0.15, 0.2) is 41.2 Å². The Balaban J connectivity index is 1.21. The van der Waals surface area contributed by atoms with Crippen LogP contribution in [0.25, 0.3) is 0 Å². The fourth-order valence-electron chi connectivity index (χ4n) is 3.39. The zero-order valence-corrected chi connectivity index (χ0v) is 15.7. The number of ether oxygens (including phenoxy) is 2. The third-order valence-electron chi connectivity index (χ3n) is 5.06. The molecule has 3 heterocycles. The summed E-state index contributed by atoms with van der Waals surface area (Å²) in [6.07, 6.45) is 4.43. The zero-order valence-electron chi connectivity index (χ0n) is 15.7. The Bertz CT molecular complexity index is 903. The van der Waals surface area contributed by atoms with Gasteiger partial charge in [-0.25, -0.2) is 0 Å². The summed E-state index contributed by atoms with van der Waals surface area (Å²) < 4.78 is 15.4. The van der Waals surface area contributed by atoms with Crippen molar-refractivity contribution >= 4 is 23.4 Å². The van der Waals surface area contributed by atoms with Crippen molar-refractivity contribution in [1.82, 2.24) is 10.2 Å². The molecule has 0 radical (unpaired) electrons. The molecule has 1 aromatic heterocycles. The fraction of sp³-hybridized carbons (Fsp3) is 0.350. The second-order valence-corrected chi connectivity index (χ2v) is 6.98. The Labute approximate surface area is 166 Å². The molecular weight excluding hydrogens is 378 g/mol. The smallest absolute Gasteiger partial charge is 0.313 e. The molecule has 0 spiro atoms. The lowest BCUT2D eigenvalue weighted by atomic mass is 9.96. The first kappa shape index (κ1) is 18.9. The van der Waals surface area contributed by atoms with Gasteiger partial charge in [0.2, 0.25) is 6.79 Å². The molecule has 2 aliphatic rings. The van der Waals surface area contributed by atoms with E-state index in [2.05, 4.69) is 10.6 Å². The number of hydrogen-bond donors (Lipinski definition) is 2. The second-order valence-electron chi connectivity index (χ2n) is 6.98. The molecule has 9 nitrogen and oxygen atoms in total. The second kappa shape index (κ2) is 8.26. The van der Waals surface area contributed by atoms with Crippen molar-refractivity contribution in [3.63, 3.8) is 0 Å². The summed E-state index contributed by atoms with van der Waals surface area (Å²) >= 11 is 0. The van der Waals surface area contributed by atoms with E-state index in [9.17, 15) is 14.4 Å². The van der Waals surface area contributed by atoms with Gasteiger partial charge in [-0.15, -0.1) is 0 Å². The Kier molecular flexibility index (Phi) is 5.37. The number of hydrogen-bond acceptors (Lipinski definition) is 6. The van der Waals surface area contributed by atoms with Gasteiger partial charge in [0.1, 0.15) is 6.26 Å². The summed E-state index contributed by atoms with van der Waals surface area (Å²) in [6, 6.07) is 6.58. The molecule has 4 rings (SSSR count). The van der Waals surface area contributed by atoms with Crippen molar-refractivity contribution in [2.75, 3.05) is 31.7 Å². The Morgan fingerprint density at radius 2 is 1.83 bits per heavy atom. The number of fused-ring (bicyclic) bond motifs is 1. The summed E-state index contributed by atoms with van der Waals surface area (Å²) in [4.78, 5) is 38.3. The van der Waals surface area contributed by atoms with E-state index in [1.807, 2.05) is 0 Å². The average Bonchev–Trinajstić information content (AvgIpc) is 3.43. The maximum Gasteiger partial charge on any atom is 0.313 e. The van der Waals surface area contributed by atoms with Crippen LogP contribution < -0.4 is 20.1 Å². The quantitative estimate of drug-likeness (QED) is 0.756. The number of carbonyl (C=O) groups is 3. The van der Waals surface area contributed by atoms with Crippen LogP contribution in [0.4, 0.5) is 5.69 Å². The largest absolute Gasteiger partial charge is 0.472 e. The monoisotopic (exact) mass is 399 g/mol. The lowest BCUT2D eigenvalue weighted by Crippen LogP contribution is -2.43. The molecule has 1 aromatic carbocycles. The lowest BCUT2D eigenvalue weighted by Gasteiger charge is -2.31. The minimum Gasteiger partial charge on any atom is -0.472 e. The minimum atomic E-state index is -0.739. The van der Waals surface area contributed by atoms with Crippen LogP contribution in [0, 0.1) is 5.92 Å². The summed E-state index contributed by atoms with van der Waals surface area (Å²) in [7, 11) is 0. The van der Waals surface area contributed by atoms with E-state index >= 15 is 0 Å². The summed E-state index contributed by atoms with van der Waals surface area (Å²) in [6.45, 7) is 1.74. The number of piperidine rings is 1. The highest BCUT2D eigenvalue weighted by atomic mass is 16.7. The number of furan rings is 1. The summed E-state index contributed by atoms with van der Waals surface area (Å²) in [5, 5.41) is 5.22. The average molecular weight is 399 g/mol. The van der Waals surface area contributed by atoms with Crippen LogP contribution in [0.5, 0.6) is 11.5 Å². The topological polar surface area (TPSA) is 110 Å². The van der Waals surface area contributed by atoms with Crippen LogP contribution in [0.1, 0.15) is 23.2 Å². The third kappa shape index (κ3) is 4.34. The van der Waals surface area contributed by atoms with Crippen molar-refractivity contribution in [2.45, 2.75) is 12.8 Å². The normalized spacial score (nSPS) is 15.8. The lowest BCUT2D eigenvalue weighted by molar-refractivity contribution is -0.136. The molecule has 0 unspecified atom stereocenters. The van der Waals surface area contributed by atoms with Gasteiger partial charge in [0.05, 0.1) is 11.8 Å². The molecule has 0 bridgehead atoms. The number of carbonyl (C=O) groups excluding carboxylic acids is 3. The van der Waals surface area contributed by atoms with Crippen LogP contribution in [-0.4, -0.2) is 49.0 Å². The zero-order chi connectivity index (χ0) is 20.2. The number of anilines is 1. The molecule has 2 aliphatic heterocycles. The van der Waals surface area contributed by atoms with Crippen molar-refractivity contribution < 1.29 is 28.3 Å². The molecule has 29 heavy (non-hydrogen) atoms. The number of nitrogens with one attached hydrogen (secondary N) is 2. The molecule has 9 heteroatoms. The van der Waals surface area contributed by atoms with Gasteiger partial charge < -0.3 is 29.4 Å². The molecule has 3 amide bonds. The number of benzene rings is 1. The van der Waals surface area contributed by atoms with Crippen molar-refractivity contribution in [2.24, 2.45) is 5.92 Å². The van der Waals surface area contributed by atoms with Crippen LogP contribution in [0.2, 0.25) is 0 Å². The van der Waals surface area contributed by atoms with Gasteiger partial charge in [-0.05, 0) is 37.0 Å². The maximum atomic E-state index is 12.3. The highest BCUT2D eigenvalue weighted by molar-refractivity contribution is 6.39. The van der Waals surface area contributed by atoms with Crippen molar-refractivity contribution in [3.05, 3.63) is 42.4 Å². The number of nitrogens with zero attached hydrogens (tertiary/aromatic N) is 1. The van der Waals surface area contributed by atoms with E-state index in [0.717, 1.165) is 12.8 Å². The molecule has 2 N–H and O–H groups in total. The van der Waals surface area contributed by atoms with Crippen molar-refractivity contribution in [3.8, 4) is 11.5 Å². The van der Waals surface area contributed by atoms with Gasteiger partial charge in [0.15, 0.2) is 11.5 Å². The van der Waals surface area contributed by atoms with E-state index < -0.39 is 11.8 Å². The minimum absolute atomic E-state index is 0.0515. The van der Waals surface area contributed by atoms with Crippen molar-refractivity contribution in [1.29, 1.82) is 0 Å². The maximum absolute atomic E-state index is 12.3. The molecule has 152 valence electrons. The molecular formula is C20H21N3O6. The third-order valence-corrected chi connectivity index (χ3v) is 5.06. The van der Waals surface area contributed by atoms with E-state index in [1.165, 1.54) is 12.5 Å². The number of likely N-dealkylation sites (tertiary alicyclic amines) is 1. The molecule has 0 aliphatic carbocycles. The first-order chi connectivity index (χ1) is 14.1. The van der Waals surface area contributed by atoms with E-state index in [4.69, 9.17) is 13.9 Å². The standard InChI is InChI=1S/C20H21N3O6/c24-18(19(25)22-15-1-2-16-17(9-15)29-12-28-16)21-10-13-3-6-23(7-4-13)20(26)14-5-8-27-11-14/h1-2,5,8-9,11,13H,3-4,6-7,10,12H2,(H,21,24)(H,22,25). The Morgan fingerprint density at radius 1 is 1.03 bits per heavy atom. The molecule has 1 fully saturated rings. The first-order valence-electron chi connectivity index (χ1n) is 9.40. The predicted molar refractivity (Wildman–Crippen MR) is 102 cm³/mol. The van der Waals surface area contributed by atoms with E-state index in [-0.39, 0.29) is 18.6 Å². The van der Waals surface area contributed by atoms with Crippen LogP contribution in [0.3, 0.4) is 0 Å².